The van der Waals surface area contributed by atoms with Gasteiger partial charge in [0.05, 0.1) is 0 Å². The highest BCUT2D eigenvalue weighted by Gasteiger charge is 2.42. The van der Waals surface area contributed by atoms with Crippen LogP contribution in [0.3, 0.4) is 0 Å². The minimum atomic E-state index is -0.118. The Morgan fingerprint density at radius 1 is 0.391 bits per heavy atom. The predicted octanol–water partition coefficient (Wildman–Crippen LogP) is 13.2. The second-order valence-corrected chi connectivity index (χ2v) is 16.0. The van der Waals surface area contributed by atoms with Crippen LogP contribution in [0.4, 0.5) is 0 Å². The van der Waals surface area contributed by atoms with Gasteiger partial charge in [0.15, 0.2) is 0 Å². The van der Waals surface area contributed by atoms with Gasteiger partial charge in [0.25, 0.3) is 0 Å². The zero-order valence-electron chi connectivity index (χ0n) is 26.4. The van der Waals surface area contributed by atoms with Gasteiger partial charge in [0.2, 0.25) is 0 Å². The van der Waals surface area contributed by atoms with Crippen molar-refractivity contribution in [3.05, 3.63) is 142 Å². The molecular weight excluding hydrogens is 593 g/mol. The summed E-state index contributed by atoms with van der Waals surface area (Å²) < 4.78 is 2.69. The molecule has 2 aliphatic rings. The van der Waals surface area contributed by atoms with Crippen LogP contribution in [-0.2, 0) is 10.8 Å². The molecule has 0 saturated carbocycles. The summed E-state index contributed by atoms with van der Waals surface area (Å²) in [7, 11) is 0. The molecule has 46 heavy (non-hydrogen) atoms. The van der Waals surface area contributed by atoms with Crippen molar-refractivity contribution in [2.24, 2.45) is 0 Å². The second kappa shape index (κ2) is 9.06. The first kappa shape index (κ1) is 26.7. The Labute approximate surface area is 277 Å². The van der Waals surface area contributed by atoms with Gasteiger partial charge in [-0.15, -0.1) is 22.7 Å². The number of fused-ring (bicyclic) bond motifs is 10. The highest BCUT2D eigenvalue weighted by Crippen LogP contribution is 2.58. The lowest BCUT2D eigenvalue weighted by atomic mass is 9.78. The van der Waals surface area contributed by atoms with Gasteiger partial charge >= 0.3 is 0 Å². The Morgan fingerprint density at radius 2 is 0.913 bits per heavy atom. The summed E-state index contributed by atoms with van der Waals surface area (Å²) in [5.41, 5.74) is 16.5. The molecular formula is C44H32S2. The van der Waals surface area contributed by atoms with Gasteiger partial charge in [-0.3, -0.25) is 0 Å². The van der Waals surface area contributed by atoms with Crippen LogP contribution in [0, 0.1) is 0 Å². The quantitative estimate of drug-likeness (QED) is 0.179. The third kappa shape index (κ3) is 3.39. The topological polar surface area (TPSA) is 0 Å². The zero-order valence-corrected chi connectivity index (χ0v) is 28.0. The molecule has 2 heterocycles. The van der Waals surface area contributed by atoms with Crippen LogP contribution in [0.2, 0.25) is 0 Å². The van der Waals surface area contributed by atoms with Crippen LogP contribution >= 0.6 is 22.7 Å². The summed E-state index contributed by atoms with van der Waals surface area (Å²) in [5.74, 6) is 0. The van der Waals surface area contributed by atoms with E-state index in [2.05, 4.69) is 148 Å². The van der Waals surface area contributed by atoms with Crippen LogP contribution in [-0.4, -0.2) is 0 Å². The maximum atomic E-state index is 2.56. The van der Waals surface area contributed by atoms with Gasteiger partial charge < -0.3 is 0 Å². The molecule has 0 fully saturated rings. The average Bonchev–Trinajstić information content (AvgIpc) is 3.81. The second-order valence-electron chi connectivity index (χ2n) is 14.1. The van der Waals surface area contributed by atoms with Gasteiger partial charge in [0.1, 0.15) is 0 Å². The summed E-state index contributed by atoms with van der Waals surface area (Å²) in [6.07, 6.45) is 0. The van der Waals surface area contributed by atoms with E-state index in [9.17, 15) is 0 Å². The minimum Gasteiger partial charge on any atom is -0.143 e. The Bertz CT molecular complexity index is 2590. The number of rotatable bonds is 2. The van der Waals surface area contributed by atoms with Crippen molar-refractivity contribution < 1.29 is 0 Å². The van der Waals surface area contributed by atoms with Crippen LogP contribution < -0.4 is 0 Å². The molecule has 2 heteroatoms. The molecule has 0 spiro atoms. The Morgan fingerprint density at radius 3 is 1.65 bits per heavy atom. The van der Waals surface area contributed by atoms with Crippen molar-refractivity contribution in [3.63, 3.8) is 0 Å². The van der Waals surface area contributed by atoms with Crippen LogP contribution in [0.1, 0.15) is 49.9 Å². The normalized spacial score (nSPS) is 15.3. The van der Waals surface area contributed by atoms with Gasteiger partial charge in [-0.1, -0.05) is 100 Å². The van der Waals surface area contributed by atoms with E-state index in [0.717, 1.165) is 0 Å². The van der Waals surface area contributed by atoms with Gasteiger partial charge in [-0.25, -0.2) is 0 Å². The number of hydrogen-bond acceptors (Lipinski definition) is 2. The fourth-order valence-electron chi connectivity index (χ4n) is 8.59. The molecule has 0 bridgehead atoms. The zero-order chi connectivity index (χ0) is 30.9. The summed E-state index contributed by atoms with van der Waals surface area (Å²) in [6.45, 7) is 9.70. The molecule has 0 aliphatic heterocycles. The Hall–Kier alpha value is -4.50. The molecule has 0 amide bonds. The number of hydrogen-bond donors (Lipinski definition) is 0. The highest BCUT2D eigenvalue weighted by molar-refractivity contribution is 7.18. The third-order valence-corrected chi connectivity index (χ3v) is 13.0. The van der Waals surface area contributed by atoms with Crippen molar-refractivity contribution in [2.75, 3.05) is 0 Å². The van der Waals surface area contributed by atoms with Crippen molar-refractivity contribution in [1.82, 2.24) is 0 Å². The fraction of sp³-hybridized carbons (Fsp3) is 0.136. The lowest BCUT2D eigenvalue weighted by molar-refractivity contribution is 0.652. The molecule has 0 saturated heterocycles. The predicted molar refractivity (Wildman–Crippen MR) is 201 cm³/mol. The first-order valence-corrected chi connectivity index (χ1v) is 17.9. The Kier molecular flexibility index (Phi) is 5.26. The maximum absolute atomic E-state index is 2.56. The lowest BCUT2D eigenvalue weighted by Gasteiger charge is -2.24. The standard InChI is InChI=1S/C44H32S2/c1-43(2)36-19-25(34-23-45-40-15-9-7-12-28(34)40)17-18-27(36)32-21-38-33(22-37(32)43)42-30-14-6-5-11-26(30)31(20-39(42)44(38,3)4)35-24-46-41-16-10-8-13-29(35)41/h5-24H,1-4H3. The van der Waals surface area contributed by atoms with Gasteiger partial charge in [0, 0.05) is 42.1 Å². The van der Waals surface area contributed by atoms with Gasteiger partial charge in [-0.05, 0) is 114 Å². The molecule has 0 radical (unpaired) electrons. The van der Waals surface area contributed by atoms with E-state index in [4.69, 9.17) is 0 Å². The molecule has 2 aromatic heterocycles. The minimum absolute atomic E-state index is 0.0975. The fourth-order valence-corrected chi connectivity index (χ4v) is 10.5. The summed E-state index contributed by atoms with van der Waals surface area (Å²) in [5, 5.41) is 10.1. The molecule has 0 N–H and O–H groups in total. The average molecular weight is 625 g/mol. The van der Waals surface area contributed by atoms with Gasteiger partial charge in [-0.2, -0.15) is 0 Å². The SMILES string of the molecule is CC1(C)c2cc(-c3csc4ccccc34)ccc2-c2cc3c(cc21)-c1c(cc(-c2csc4ccccc24)c2ccccc12)C3(C)C. The summed E-state index contributed by atoms with van der Waals surface area (Å²) in [6, 6.07) is 41.5. The van der Waals surface area contributed by atoms with Crippen molar-refractivity contribution >= 4 is 53.6 Å². The van der Waals surface area contributed by atoms with E-state index in [0.29, 0.717) is 0 Å². The van der Waals surface area contributed by atoms with E-state index in [1.165, 1.54) is 97.7 Å². The molecule has 2 aliphatic carbocycles. The first-order valence-electron chi connectivity index (χ1n) is 16.2. The molecule has 6 aromatic carbocycles. The van der Waals surface area contributed by atoms with E-state index >= 15 is 0 Å². The molecule has 8 aromatic rings. The van der Waals surface area contributed by atoms with E-state index < -0.39 is 0 Å². The van der Waals surface area contributed by atoms with Crippen LogP contribution in [0.25, 0.3) is 75.5 Å². The smallest absolute Gasteiger partial charge is 0.0349 e. The molecule has 0 atom stereocenters. The first-order chi connectivity index (χ1) is 22.3. The molecule has 0 nitrogen and oxygen atoms in total. The summed E-state index contributed by atoms with van der Waals surface area (Å²) in [4.78, 5) is 0. The molecule has 220 valence electrons. The van der Waals surface area contributed by atoms with E-state index in [1.807, 2.05) is 22.7 Å². The monoisotopic (exact) mass is 624 g/mol. The van der Waals surface area contributed by atoms with Crippen molar-refractivity contribution in [2.45, 2.75) is 38.5 Å². The molecule has 0 unspecified atom stereocenters. The maximum Gasteiger partial charge on any atom is 0.0349 e. The van der Waals surface area contributed by atoms with Crippen LogP contribution in [0.15, 0.2) is 120 Å². The number of benzene rings is 6. The van der Waals surface area contributed by atoms with E-state index in [-0.39, 0.29) is 10.8 Å². The third-order valence-electron chi connectivity index (χ3n) is 11.0. The largest absolute Gasteiger partial charge is 0.143 e. The Balaban J connectivity index is 1.18. The summed E-state index contributed by atoms with van der Waals surface area (Å²) >= 11 is 3.69. The molecule has 10 rings (SSSR count). The number of thiophene rings is 2. The van der Waals surface area contributed by atoms with Crippen molar-refractivity contribution in [3.8, 4) is 44.5 Å². The lowest BCUT2D eigenvalue weighted by Crippen LogP contribution is -2.17. The van der Waals surface area contributed by atoms with E-state index in [1.54, 1.807) is 0 Å². The van der Waals surface area contributed by atoms with Crippen LogP contribution in [0.5, 0.6) is 0 Å². The highest BCUT2D eigenvalue weighted by atomic mass is 32.1. The van der Waals surface area contributed by atoms with Crippen molar-refractivity contribution in [1.29, 1.82) is 0 Å².